The normalized spacial score (nSPS) is 13.3. The SMILES string of the molecule is CCOc1cc2c(cc1OCC)CN(C(=O)c1ccc(F)cc1F)CC2. The Bertz CT molecular complexity index is 823. The van der Waals surface area contributed by atoms with E-state index in [-0.39, 0.29) is 5.56 Å². The fourth-order valence-corrected chi connectivity index (χ4v) is 3.11. The van der Waals surface area contributed by atoms with Crippen molar-refractivity contribution in [1.29, 1.82) is 0 Å². The van der Waals surface area contributed by atoms with Gasteiger partial charge in [0.1, 0.15) is 11.6 Å². The van der Waals surface area contributed by atoms with Gasteiger partial charge in [-0.2, -0.15) is 0 Å². The van der Waals surface area contributed by atoms with Gasteiger partial charge in [-0.05, 0) is 55.7 Å². The monoisotopic (exact) mass is 361 g/mol. The predicted molar refractivity (Wildman–Crippen MR) is 93.6 cm³/mol. The van der Waals surface area contributed by atoms with Crippen LogP contribution < -0.4 is 9.47 Å². The van der Waals surface area contributed by atoms with E-state index >= 15 is 0 Å². The first-order valence-electron chi connectivity index (χ1n) is 8.69. The van der Waals surface area contributed by atoms with E-state index in [2.05, 4.69) is 0 Å². The average molecular weight is 361 g/mol. The van der Waals surface area contributed by atoms with Gasteiger partial charge in [0.15, 0.2) is 11.5 Å². The third kappa shape index (κ3) is 3.64. The molecule has 3 rings (SSSR count). The third-order valence-corrected chi connectivity index (χ3v) is 4.33. The van der Waals surface area contributed by atoms with Gasteiger partial charge in [-0.3, -0.25) is 4.79 Å². The van der Waals surface area contributed by atoms with Crippen molar-refractivity contribution >= 4 is 5.91 Å². The summed E-state index contributed by atoms with van der Waals surface area (Å²) in [6, 6.07) is 6.84. The molecule has 1 aliphatic rings. The van der Waals surface area contributed by atoms with Crippen molar-refractivity contribution in [1.82, 2.24) is 4.90 Å². The average Bonchev–Trinajstić information content (AvgIpc) is 2.62. The van der Waals surface area contributed by atoms with E-state index in [0.717, 1.165) is 23.3 Å². The molecule has 0 fully saturated rings. The lowest BCUT2D eigenvalue weighted by Crippen LogP contribution is -2.36. The number of nitrogens with zero attached hydrogens (tertiary/aromatic N) is 1. The fourth-order valence-electron chi connectivity index (χ4n) is 3.11. The van der Waals surface area contributed by atoms with Gasteiger partial charge < -0.3 is 14.4 Å². The van der Waals surface area contributed by atoms with Gasteiger partial charge in [-0.15, -0.1) is 0 Å². The van der Waals surface area contributed by atoms with Gasteiger partial charge in [-0.1, -0.05) is 0 Å². The molecule has 0 spiro atoms. The topological polar surface area (TPSA) is 38.8 Å². The second kappa shape index (κ2) is 7.72. The summed E-state index contributed by atoms with van der Waals surface area (Å²) in [6.45, 7) is 5.64. The van der Waals surface area contributed by atoms with Crippen LogP contribution in [0.3, 0.4) is 0 Å². The summed E-state index contributed by atoms with van der Waals surface area (Å²) in [5, 5.41) is 0. The van der Waals surface area contributed by atoms with E-state index in [0.29, 0.717) is 44.2 Å². The third-order valence-electron chi connectivity index (χ3n) is 4.33. The molecule has 1 aliphatic heterocycles. The number of rotatable bonds is 5. The lowest BCUT2D eigenvalue weighted by Gasteiger charge is -2.30. The molecule has 0 saturated heterocycles. The molecule has 1 heterocycles. The second-order valence-electron chi connectivity index (χ2n) is 6.03. The van der Waals surface area contributed by atoms with E-state index in [1.54, 1.807) is 4.90 Å². The number of fused-ring (bicyclic) bond motifs is 1. The number of carbonyl (C=O) groups is 1. The van der Waals surface area contributed by atoms with Crippen LogP contribution >= 0.6 is 0 Å². The highest BCUT2D eigenvalue weighted by Gasteiger charge is 2.25. The molecule has 1 amide bonds. The molecule has 0 atom stereocenters. The molecular weight excluding hydrogens is 340 g/mol. The Morgan fingerprint density at radius 1 is 1.04 bits per heavy atom. The largest absolute Gasteiger partial charge is 0.490 e. The Morgan fingerprint density at radius 3 is 2.31 bits per heavy atom. The highest BCUT2D eigenvalue weighted by molar-refractivity contribution is 5.94. The summed E-state index contributed by atoms with van der Waals surface area (Å²) in [5.74, 6) is -0.664. The molecule has 0 bridgehead atoms. The Kier molecular flexibility index (Phi) is 5.40. The van der Waals surface area contributed by atoms with Gasteiger partial charge in [0.2, 0.25) is 0 Å². The summed E-state index contributed by atoms with van der Waals surface area (Å²) in [6.07, 6.45) is 0.635. The van der Waals surface area contributed by atoms with Gasteiger partial charge in [-0.25, -0.2) is 8.78 Å². The van der Waals surface area contributed by atoms with Crippen LogP contribution in [-0.4, -0.2) is 30.6 Å². The molecule has 0 N–H and O–H groups in total. The number of halogens is 2. The molecule has 0 aliphatic carbocycles. The van der Waals surface area contributed by atoms with Crippen LogP contribution in [0.5, 0.6) is 11.5 Å². The predicted octanol–water partition coefficient (Wildman–Crippen LogP) is 3.96. The first-order chi connectivity index (χ1) is 12.5. The van der Waals surface area contributed by atoms with Crippen LogP contribution in [-0.2, 0) is 13.0 Å². The minimum absolute atomic E-state index is 0.120. The van der Waals surface area contributed by atoms with Crippen LogP contribution in [0.2, 0.25) is 0 Å². The molecule has 138 valence electrons. The maximum absolute atomic E-state index is 13.9. The van der Waals surface area contributed by atoms with Crippen molar-refractivity contribution in [2.75, 3.05) is 19.8 Å². The Labute approximate surface area is 151 Å². The van der Waals surface area contributed by atoms with Gasteiger partial charge in [0, 0.05) is 19.2 Å². The summed E-state index contributed by atoms with van der Waals surface area (Å²) >= 11 is 0. The van der Waals surface area contributed by atoms with Crippen molar-refractivity contribution in [2.45, 2.75) is 26.8 Å². The molecule has 2 aromatic rings. The van der Waals surface area contributed by atoms with E-state index in [9.17, 15) is 13.6 Å². The summed E-state index contributed by atoms with van der Waals surface area (Å²) in [4.78, 5) is 14.2. The molecule has 0 aromatic heterocycles. The molecule has 0 radical (unpaired) electrons. The first kappa shape index (κ1) is 18.2. The zero-order valence-corrected chi connectivity index (χ0v) is 14.9. The van der Waals surface area contributed by atoms with Crippen LogP contribution in [0.25, 0.3) is 0 Å². The number of amides is 1. The van der Waals surface area contributed by atoms with E-state index < -0.39 is 17.5 Å². The number of hydrogen-bond acceptors (Lipinski definition) is 3. The molecule has 2 aromatic carbocycles. The summed E-state index contributed by atoms with van der Waals surface area (Å²) in [5.41, 5.74) is 1.91. The number of benzene rings is 2. The quantitative estimate of drug-likeness (QED) is 0.809. The van der Waals surface area contributed by atoms with E-state index in [4.69, 9.17) is 9.47 Å². The number of hydrogen-bond donors (Lipinski definition) is 0. The molecule has 0 saturated carbocycles. The lowest BCUT2D eigenvalue weighted by atomic mass is 9.98. The highest BCUT2D eigenvalue weighted by Crippen LogP contribution is 2.34. The maximum atomic E-state index is 13.9. The molecule has 26 heavy (non-hydrogen) atoms. The van der Waals surface area contributed by atoms with Crippen molar-refractivity contribution < 1.29 is 23.0 Å². The molecule has 6 heteroatoms. The minimum atomic E-state index is -0.845. The van der Waals surface area contributed by atoms with Crippen LogP contribution in [0, 0.1) is 11.6 Å². The van der Waals surface area contributed by atoms with Crippen molar-refractivity contribution in [3.63, 3.8) is 0 Å². The maximum Gasteiger partial charge on any atom is 0.257 e. The van der Waals surface area contributed by atoms with Crippen molar-refractivity contribution in [2.24, 2.45) is 0 Å². The van der Waals surface area contributed by atoms with Gasteiger partial charge in [0.25, 0.3) is 5.91 Å². The number of carbonyl (C=O) groups excluding carboxylic acids is 1. The second-order valence-corrected chi connectivity index (χ2v) is 6.03. The molecule has 4 nitrogen and oxygen atoms in total. The van der Waals surface area contributed by atoms with E-state index in [1.165, 1.54) is 6.07 Å². The van der Waals surface area contributed by atoms with Gasteiger partial charge in [0.05, 0.1) is 18.8 Å². The van der Waals surface area contributed by atoms with Crippen molar-refractivity contribution in [3.8, 4) is 11.5 Å². The smallest absolute Gasteiger partial charge is 0.257 e. The van der Waals surface area contributed by atoms with E-state index in [1.807, 2.05) is 26.0 Å². The summed E-state index contributed by atoms with van der Waals surface area (Å²) in [7, 11) is 0. The highest BCUT2D eigenvalue weighted by atomic mass is 19.1. The zero-order chi connectivity index (χ0) is 18.7. The fraction of sp³-hybridized carbons (Fsp3) is 0.350. The van der Waals surface area contributed by atoms with Crippen LogP contribution in [0.1, 0.15) is 35.3 Å². The van der Waals surface area contributed by atoms with Crippen molar-refractivity contribution in [3.05, 3.63) is 58.7 Å². The molecule has 0 unspecified atom stereocenters. The van der Waals surface area contributed by atoms with Gasteiger partial charge >= 0.3 is 0 Å². The summed E-state index contributed by atoms with van der Waals surface area (Å²) < 4.78 is 38.3. The van der Waals surface area contributed by atoms with Crippen LogP contribution in [0.15, 0.2) is 30.3 Å². The van der Waals surface area contributed by atoms with Crippen LogP contribution in [0.4, 0.5) is 8.78 Å². The number of ether oxygens (including phenoxy) is 2. The minimum Gasteiger partial charge on any atom is -0.490 e. The Morgan fingerprint density at radius 2 is 1.69 bits per heavy atom. The Balaban J connectivity index is 1.86. The standard InChI is InChI=1S/C20H21F2NO3/c1-3-25-18-9-13-7-8-23(12-14(13)10-19(18)26-4-2)20(24)16-6-5-15(21)11-17(16)22/h5-6,9-11H,3-4,7-8,12H2,1-2H3. The first-order valence-corrected chi connectivity index (χ1v) is 8.69. The zero-order valence-electron chi connectivity index (χ0n) is 14.9. The molecular formula is C20H21F2NO3. The Hall–Kier alpha value is -2.63. The lowest BCUT2D eigenvalue weighted by molar-refractivity contribution is 0.0729.